The zero-order valence-corrected chi connectivity index (χ0v) is 7.27. The van der Waals surface area contributed by atoms with E-state index in [1.807, 2.05) is 7.05 Å². The fourth-order valence-electron chi connectivity index (χ4n) is 1.12. The van der Waals surface area contributed by atoms with Gasteiger partial charge in [-0.15, -0.1) is 0 Å². The smallest absolute Gasteiger partial charge is 0.146 e. The predicted molar refractivity (Wildman–Crippen MR) is 43.0 cm³/mol. The highest BCUT2D eigenvalue weighted by Crippen LogP contribution is 2.07. The van der Waals surface area contributed by atoms with E-state index in [2.05, 4.69) is 19.2 Å². The first-order valence-corrected chi connectivity index (χ1v) is 3.81. The predicted octanol–water partition coefficient (Wildman–Crippen LogP) is 1.21. The molecule has 0 fully saturated rings. The van der Waals surface area contributed by atoms with Crippen molar-refractivity contribution in [2.45, 2.75) is 33.2 Å². The van der Waals surface area contributed by atoms with Crippen LogP contribution in [-0.4, -0.2) is 18.9 Å². The summed E-state index contributed by atoms with van der Waals surface area (Å²) in [5, 5.41) is 3.00. The molecule has 0 aliphatic carbocycles. The first kappa shape index (κ1) is 9.63. The van der Waals surface area contributed by atoms with Gasteiger partial charge in [0, 0.05) is 0 Å². The summed E-state index contributed by atoms with van der Waals surface area (Å²) in [5.41, 5.74) is 0. The number of hydrogen-bond donors (Lipinski definition) is 1. The lowest BCUT2D eigenvalue weighted by Gasteiger charge is -2.18. The van der Waals surface area contributed by atoms with E-state index in [9.17, 15) is 4.79 Å². The Balaban J connectivity index is 3.92. The first-order valence-electron chi connectivity index (χ1n) is 3.81. The average Bonchev–Trinajstić information content (AvgIpc) is 1.88. The Bertz CT molecular complexity index is 112. The molecule has 0 saturated heterocycles. The third-order valence-corrected chi connectivity index (χ3v) is 1.96. The molecule has 2 nitrogen and oxygen atoms in total. The number of Topliss-reactive ketones (excluding diaryl/α,β-unsaturated/α-hetero) is 1. The molecule has 0 saturated carbocycles. The molecule has 2 atom stereocenters. The molecule has 0 rings (SSSR count). The highest BCUT2D eigenvalue weighted by atomic mass is 16.1. The van der Waals surface area contributed by atoms with E-state index in [4.69, 9.17) is 0 Å². The SMILES string of the molecule is CC[C@@H](C)[C@@H](NC)C(C)=O. The van der Waals surface area contributed by atoms with Crippen molar-refractivity contribution in [3.05, 3.63) is 0 Å². The lowest BCUT2D eigenvalue weighted by atomic mass is 9.96. The van der Waals surface area contributed by atoms with Crippen LogP contribution in [0.4, 0.5) is 0 Å². The molecule has 0 aromatic rings. The summed E-state index contributed by atoms with van der Waals surface area (Å²) >= 11 is 0. The van der Waals surface area contributed by atoms with E-state index >= 15 is 0 Å². The molecule has 0 bridgehead atoms. The molecule has 0 aromatic carbocycles. The summed E-state index contributed by atoms with van der Waals surface area (Å²) in [5.74, 6) is 0.680. The summed E-state index contributed by atoms with van der Waals surface area (Å²) in [6, 6.07) is 0.0463. The minimum atomic E-state index is 0.0463. The van der Waals surface area contributed by atoms with Crippen LogP contribution in [0.2, 0.25) is 0 Å². The molecular weight excluding hydrogens is 126 g/mol. The Kier molecular flexibility index (Phi) is 4.28. The van der Waals surface area contributed by atoms with Crippen molar-refractivity contribution < 1.29 is 4.79 Å². The minimum absolute atomic E-state index is 0.0463. The summed E-state index contributed by atoms with van der Waals surface area (Å²) in [7, 11) is 1.83. The summed E-state index contributed by atoms with van der Waals surface area (Å²) < 4.78 is 0. The summed E-state index contributed by atoms with van der Waals surface area (Å²) in [6.07, 6.45) is 1.05. The molecule has 0 unspecified atom stereocenters. The molecule has 60 valence electrons. The number of likely N-dealkylation sites (N-methyl/N-ethyl adjacent to an activating group) is 1. The maximum Gasteiger partial charge on any atom is 0.146 e. The van der Waals surface area contributed by atoms with E-state index in [-0.39, 0.29) is 11.8 Å². The number of carbonyl (C=O) groups excluding carboxylic acids is 1. The summed E-state index contributed by atoms with van der Waals surface area (Å²) in [6.45, 7) is 5.81. The Morgan fingerprint density at radius 3 is 2.20 bits per heavy atom. The number of ketones is 1. The topological polar surface area (TPSA) is 29.1 Å². The largest absolute Gasteiger partial charge is 0.310 e. The van der Waals surface area contributed by atoms with Crippen LogP contribution in [0, 0.1) is 5.92 Å². The van der Waals surface area contributed by atoms with Crippen LogP contribution in [0.25, 0.3) is 0 Å². The Morgan fingerprint density at radius 2 is 2.10 bits per heavy atom. The average molecular weight is 143 g/mol. The number of rotatable bonds is 4. The van der Waals surface area contributed by atoms with Crippen LogP contribution >= 0.6 is 0 Å². The monoisotopic (exact) mass is 143 g/mol. The Morgan fingerprint density at radius 1 is 1.60 bits per heavy atom. The quantitative estimate of drug-likeness (QED) is 0.641. The first-order chi connectivity index (χ1) is 4.63. The van der Waals surface area contributed by atoms with Crippen LogP contribution < -0.4 is 5.32 Å². The van der Waals surface area contributed by atoms with Crippen LogP contribution in [-0.2, 0) is 4.79 Å². The maximum atomic E-state index is 10.9. The maximum absolute atomic E-state index is 10.9. The zero-order valence-electron chi connectivity index (χ0n) is 7.27. The van der Waals surface area contributed by atoms with Crippen LogP contribution in [0.3, 0.4) is 0 Å². The van der Waals surface area contributed by atoms with Crippen LogP contribution in [0.1, 0.15) is 27.2 Å². The van der Waals surface area contributed by atoms with Crippen molar-refractivity contribution in [2.75, 3.05) is 7.05 Å². The second kappa shape index (κ2) is 4.45. The molecule has 0 aliphatic heterocycles. The van der Waals surface area contributed by atoms with Gasteiger partial charge in [-0.05, 0) is 19.9 Å². The second-order valence-corrected chi connectivity index (χ2v) is 2.76. The fourth-order valence-corrected chi connectivity index (χ4v) is 1.12. The van der Waals surface area contributed by atoms with Gasteiger partial charge in [0.1, 0.15) is 5.78 Å². The van der Waals surface area contributed by atoms with Gasteiger partial charge in [-0.1, -0.05) is 20.3 Å². The van der Waals surface area contributed by atoms with E-state index in [0.717, 1.165) is 6.42 Å². The molecule has 0 spiro atoms. The van der Waals surface area contributed by atoms with Crippen LogP contribution in [0.5, 0.6) is 0 Å². The number of nitrogens with one attached hydrogen (secondary N) is 1. The van der Waals surface area contributed by atoms with Crippen molar-refractivity contribution in [1.29, 1.82) is 0 Å². The zero-order chi connectivity index (χ0) is 8.15. The third kappa shape index (κ3) is 2.48. The van der Waals surface area contributed by atoms with Gasteiger partial charge in [0.05, 0.1) is 6.04 Å². The Hall–Kier alpha value is -0.370. The van der Waals surface area contributed by atoms with Crippen molar-refractivity contribution in [2.24, 2.45) is 5.92 Å². The van der Waals surface area contributed by atoms with Gasteiger partial charge in [-0.3, -0.25) is 4.79 Å². The Labute approximate surface area is 63.0 Å². The van der Waals surface area contributed by atoms with E-state index in [1.54, 1.807) is 6.92 Å². The van der Waals surface area contributed by atoms with Gasteiger partial charge < -0.3 is 5.32 Å². The van der Waals surface area contributed by atoms with Gasteiger partial charge in [-0.25, -0.2) is 0 Å². The highest BCUT2D eigenvalue weighted by Gasteiger charge is 2.17. The number of hydrogen-bond acceptors (Lipinski definition) is 2. The molecule has 0 radical (unpaired) electrons. The van der Waals surface area contributed by atoms with E-state index in [1.165, 1.54) is 0 Å². The normalized spacial score (nSPS) is 16.4. The van der Waals surface area contributed by atoms with Gasteiger partial charge in [-0.2, -0.15) is 0 Å². The van der Waals surface area contributed by atoms with Gasteiger partial charge >= 0.3 is 0 Å². The molecule has 2 heteroatoms. The van der Waals surface area contributed by atoms with Gasteiger partial charge in [0.2, 0.25) is 0 Å². The van der Waals surface area contributed by atoms with Crippen molar-refractivity contribution >= 4 is 5.78 Å². The highest BCUT2D eigenvalue weighted by molar-refractivity contribution is 5.81. The van der Waals surface area contributed by atoms with E-state index in [0.29, 0.717) is 5.92 Å². The van der Waals surface area contributed by atoms with Crippen molar-refractivity contribution in [3.63, 3.8) is 0 Å². The van der Waals surface area contributed by atoms with Crippen molar-refractivity contribution in [3.8, 4) is 0 Å². The lowest BCUT2D eigenvalue weighted by Crippen LogP contribution is -2.37. The molecule has 0 amide bonds. The lowest BCUT2D eigenvalue weighted by molar-refractivity contribution is -0.119. The molecule has 1 N–H and O–H groups in total. The second-order valence-electron chi connectivity index (χ2n) is 2.76. The van der Waals surface area contributed by atoms with Crippen LogP contribution in [0.15, 0.2) is 0 Å². The van der Waals surface area contributed by atoms with Gasteiger partial charge in [0.25, 0.3) is 0 Å². The fraction of sp³-hybridized carbons (Fsp3) is 0.875. The molecule has 0 heterocycles. The van der Waals surface area contributed by atoms with Gasteiger partial charge in [0.15, 0.2) is 0 Å². The molecule has 0 aliphatic rings. The standard InChI is InChI=1S/C8H17NO/c1-5-6(2)8(9-4)7(3)10/h6,8-9H,5H2,1-4H3/t6-,8-/m1/s1. The summed E-state index contributed by atoms with van der Waals surface area (Å²) in [4.78, 5) is 10.9. The number of carbonyl (C=O) groups is 1. The third-order valence-electron chi connectivity index (χ3n) is 1.96. The van der Waals surface area contributed by atoms with Crippen molar-refractivity contribution in [1.82, 2.24) is 5.32 Å². The molecule has 10 heavy (non-hydrogen) atoms. The molecule has 0 aromatic heterocycles. The minimum Gasteiger partial charge on any atom is -0.310 e. The van der Waals surface area contributed by atoms with E-state index < -0.39 is 0 Å². The molecular formula is C8H17NO.